The van der Waals surface area contributed by atoms with Crippen LogP contribution in [0.15, 0.2) is 27.6 Å². The van der Waals surface area contributed by atoms with Gasteiger partial charge in [-0.25, -0.2) is 8.42 Å². The summed E-state index contributed by atoms with van der Waals surface area (Å²) in [4.78, 5) is 0.105. The Bertz CT molecular complexity index is 740. The molecule has 8 heteroatoms. The molecule has 0 atom stereocenters. The fourth-order valence-electron chi connectivity index (χ4n) is 1.89. The van der Waals surface area contributed by atoms with E-state index in [2.05, 4.69) is 30.8 Å². The van der Waals surface area contributed by atoms with Crippen LogP contribution in [0.2, 0.25) is 0 Å². The number of nitrogens with one attached hydrogen (secondary N) is 2. The van der Waals surface area contributed by atoms with E-state index in [1.807, 2.05) is 13.0 Å². The van der Waals surface area contributed by atoms with Crippen molar-refractivity contribution in [1.29, 1.82) is 0 Å². The lowest BCUT2D eigenvalue weighted by molar-refractivity contribution is 0.599. The second-order valence-corrected chi connectivity index (χ2v) is 6.78. The Morgan fingerprint density at radius 1 is 1.40 bits per heavy atom. The summed E-state index contributed by atoms with van der Waals surface area (Å²) in [6.45, 7) is 3.58. The van der Waals surface area contributed by atoms with Crippen LogP contribution < -0.4 is 10.5 Å². The minimum atomic E-state index is -3.74. The molecule has 0 aliphatic carbocycles. The molecule has 0 bridgehead atoms. The molecule has 0 aliphatic rings. The first-order chi connectivity index (χ1) is 9.36. The largest absolute Gasteiger partial charge is 0.325 e. The van der Waals surface area contributed by atoms with E-state index in [9.17, 15) is 8.42 Å². The van der Waals surface area contributed by atoms with Crippen LogP contribution in [-0.4, -0.2) is 18.6 Å². The molecular formula is C12H15BrN4O2S. The molecule has 4 N–H and O–H groups in total. The number of sulfonamides is 1. The number of H-pyrrole nitrogens is 1. The van der Waals surface area contributed by atoms with Gasteiger partial charge >= 0.3 is 0 Å². The molecule has 6 nitrogen and oxygen atoms in total. The van der Waals surface area contributed by atoms with Gasteiger partial charge in [0, 0.05) is 11.0 Å². The maximum Gasteiger partial charge on any atom is 0.265 e. The molecule has 20 heavy (non-hydrogen) atoms. The van der Waals surface area contributed by atoms with Crippen LogP contribution in [0.5, 0.6) is 0 Å². The molecule has 0 saturated carbocycles. The molecule has 0 unspecified atom stereocenters. The Kier molecular flexibility index (Phi) is 4.17. The van der Waals surface area contributed by atoms with Gasteiger partial charge < -0.3 is 5.73 Å². The molecule has 0 radical (unpaired) electrons. The van der Waals surface area contributed by atoms with Crippen molar-refractivity contribution in [2.75, 3.05) is 4.72 Å². The average Bonchev–Trinajstić information content (AvgIpc) is 2.77. The van der Waals surface area contributed by atoms with Gasteiger partial charge in [0.05, 0.1) is 17.1 Å². The van der Waals surface area contributed by atoms with Crippen LogP contribution >= 0.6 is 15.9 Å². The summed E-state index contributed by atoms with van der Waals surface area (Å²) in [5.74, 6) is 0. The number of hydrogen-bond donors (Lipinski definition) is 3. The van der Waals surface area contributed by atoms with Crippen molar-refractivity contribution in [1.82, 2.24) is 10.2 Å². The maximum atomic E-state index is 12.5. The number of hydrogen-bond acceptors (Lipinski definition) is 4. The van der Waals surface area contributed by atoms with Gasteiger partial charge in [-0.3, -0.25) is 9.82 Å². The van der Waals surface area contributed by atoms with E-state index < -0.39 is 10.0 Å². The van der Waals surface area contributed by atoms with E-state index in [0.29, 0.717) is 21.5 Å². The molecule has 2 aromatic rings. The molecule has 108 valence electrons. The maximum absolute atomic E-state index is 12.5. The summed E-state index contributed by atoms with van der Waals surface area (Å²) < 4.78 is 28.2. The van der Waals surface area contributed by atoms with Gasteiger partial charge in [-0.05, 0) is 41.4 Å². The Labute approximate surface area is 125 Å². The van der Waals surface area contributed by atoms with Gasteiger partial charge in [0.2, 0.25) is 0 Å². The number of benzene rings is 1. The minimum Gasteiger partial charge on any atom is -0.325 e. The lowest BCUT2D eigenvalue weighted by Crippen LogP contribution is -2.16. The Hall–Kier alpha value is -1.38. The zero-order chi connectivity index (χ0) is 14.9. The van der Waals surface area contributed by atoms with Crippen molar-refractivity contribution in [2.24, 2.45) is 5.73 Å². The van der Waals surface area contributed by atoms with Gasteiger partial charge in [-0.15, -0.1) is 0 Å². The molecule has 0 amide bonds. The second-order valence-electron chi connectivity index (χ2n) is 4.37. The number of aromatic nitrogens is 2. The first-order valence-corrected chi connectivity index (χ1v) is 8.16. The van der Waals surface area contributed by atoms with Crippen LogP contribution in [0.1, 0.15) is 17.0 Å². The third-order valence-corrected chi connectivity index (χ3v) is 5.48. The third kappa shape index (κ3) is 2.72. The minimum absolute atomic E-state index is 0.0512. The number of aryl methyl sites for hydroxylation is 2. The van der Waals surface area contributed by atoms with Gasteiger partial charge in [0.1, 0.15) is 4.90 Å². The first-order valence-electron chi connectivity index (χ1n) is 5.88. The van der Waals surface area contributed by atoms with Gasteiger partial charge in [-0.2, -0.15) is 5.10 Å². The Morgan fingerprint density at radius 2 is 2.10 bits per heavy atom. The third-order valence-electron chi connectivity index (χ3n) is 2.86. The molecule has 1 aromatic heterocycles. The summed E-state index contributed by atoms with van der Waals surface area (Å²) >= 11 is 3.38. The van der Waals surface area contributed by atoms with Crippen LogP contribution in [-0.2, 0) is 16.6 Å². The Balaban J connectivity index is 2.46. The SMILES string of the molecule is Cc1cccc(NS(=O)(=O)c2c(CN)n[nH]c2C)c1Br. The molecule has 2 rings (SSSR count). The summed E-state index contributed by atoms with van der Waals surface area (Å²) in [6, 6.07) is 5.35. The summed E-state index contributed by atoms with van der Waals surface area (Å²) in [7, 11) is -3.74. The molecule has 1 aromatic carbocycles. The Morgan fingerprint density at radius 3 is 2.75 bits per heavy atom. The molecule has 0 spiro atoms. The smallest absolute Gasteiger partial charge is 0.265 e. The quantitative estimate of drug-likeness (QED) is 0.778. The summed E-state index contributed by atoms with van der Waals surface area (Å²) in [6.07, 6.45) is 0. The highest BCUT2D eigenvalue weighted by atomic mass is 79.9. The van der Waals surface area contributed by atoms with Gasteiger partial charge in [-0.1, -0.05) is 12.1 Å². The zero-order valence-electron chi connectivity index (χ0n) is 11.1. The van der Waals surface area contributed by atoms with Gasteiger partial charge in [0.15, 0.2) is 0 Å². The van der Waals surface area contributed by atoms with Crippen LogP contribution in [0.4, 0.5) is 5.69 Å². The van der Waals surface area contributed by atoms with E-state index in [1.165, 1.54) is 0 Å². The number of rotatable bonds is 4. The molecular weight excluding hydrogens is 344 g/mol. The summed E-state index contributed by atoms with van der Waals surface area (Å²) in [5, 5.41) is 6.55. The fourth-order valence-corrected chi connectivity index (χ4v) is 3.83. The van der Waals surface area contributed by atoms with E-state index in [1.54, 1.807) is 19.1 Å². The van der Waals surface area contributed by atoms with Crippen molar-refractivity contribution in [3.05, 3.63) is 39.6 Å². The first kappa shape index (κ1) is 15.0. The standard InChI is InChI=1S/C12H15BrN4O2S/c1-7-4-3-5-9(11(7)13)17-20(18,19)12-8(2)15-16-10(12)6-14/h3-5,17H,6,14H2,1-2H3,(H,15,16). The zero-order valence-corrected chi connectivity index (χ0v) is 13.5. The average molecular weight is 359 g/mol. The van der Waals surface area contributed by atoms with Gasteiger partial charge in [0.25, 0.3) is 10.0 Å². The highest BCUT2D eigenvalue weighted by Gasteiger charge is 2.24. The van der Waals surface area contributed by atoms with Crippen molar-refractivity contribution in [3.63, 3.8) is 0 Å². The lowest BCUT2D eigenvalue weighted by atomic mass is 10.2. The highest BCUT2D eigenvalue weighted by molar-refractivity contribution is 9.10. The molecule has 0 aliphatic heterocycles. The number of nitrogens with two attached hydrogens (primary N) is 1. The van der Waals surface area contributed by atoms with E-state index >= 15 is 0 Å². The molecule has 1 heterocycles. The highest BCUT2D eigenvalue weighted by Crippen LogP contribution is 2.29. The second kappa shape index (κ2) is 5.55. The molecule has 0 saturated heterocycles. The fraction of sp³-hybridized carbons (Fsp3) is 0.250. The molecule has 0 fully saturated rings. The van der Waals surface area contributed by atoms with Crippen molar-refractivity contribution < 1.29 is 8.42 Å². The van der Waals surface area contributed by atoms with E-state index in [4.69, 9.17) is 5.73 Å². The summed E-state index contributed by atoms with van der Waals surface area (Å²) in [5.41, 5.74) is 7.72. The van der Waals surface area contributed by atoms with Crippen molar-refractivity contribution in [3.8, 4) is 0 Å². The van der Waals surface area contributed by atoms with Crippen LogP contribution in [0, 0.1) is 13.8 Å². The van der Waals surface area contributed by atoms with Crippen LogP contribution in [0.25, 0.3) is 0 Å². The van der Waals surface area contributed by atoms with Crippen molar-refractivity contribution in [2.45, 2.75) is 25.3 Å². The predicted molar refractivity (Wildman–Crippen MR) is 80.9 cm³/mol. The topological polar surface area (TPSA) is 101 Å². The number of aromatic amines is 1. The lowest BCUT2D eigenvalue weighted by Gasteiger charge is -2.11. The van der Waals surface area contributed by atoms with E-state index in [-0.39, 0.29) is 11.4 Å². The van der Waals surface area contributed by atoms with Crippen LogP contribution in [0.3, 0.4) is 0 Å². The monoisotopic (exact) mass is 358 g/mol. The van der Waals surface area contributed by atoms with E-state index in [0.717, 1.165) is 5.56 Å². The number of nitrogens with zero attached hydrogens (tertiary/aromatic N) is 1. The predicted octanol–water partition coefficient (Wildman–Crippen LogP) is 2.05. The van der Waals surface area contributed by atoms with Crippen molar-refractivity contribution >= 4 is 31.6 Å². The normalized spacial score (nSPS) is 11.6. The number of anilines is 1. The number of halogens is 1.